The predicted molar refractivity (Wildman–Crippen MR) is 86.3 cm³/mol. The van der Waals surface area contributed by atoms with Crippen molar-refractivity contribution in [2.45, 2.75) is 32.4 Å². The Balaban J connectivity index is 2.01. The van der Waals surface area contributed by atoms with E-state index in [9.17, 15) is 10.1 Å². The molecule has 2 rings (SSSR count). The fourth-order valence-electron chi connectivity index (χ4n) is 1.76. The Hall–Kier alpha value is -2.20. The molecule has 0 aliphatic heterocycles. The van der Waals surface area contributed by atoms with E-state index in [1.165, 1.54) is 21.8 Å². The summed E-state index contributed by atoms with van der Waals surface area (Å²) in [6, 6.07) is 1.02. The van der Waals surface area contributed by atoms with Gasteiger partial charge in [0, 0.05) is 21.7 Å². The van der Waals surface area contributed by atoms with Crippen molar-refractivity contribution in [1.29, 1.82) is 0 Å². The summed E-state index contributed by atoms with van der Waals surface area (Å²) >= 11 is 0. The van der Waals surface area contributed by atoms with E-state index in [2.05, 4.69) is 29.8 Å². The summed E-state index contributed by atoms with van der Waals surface area (Å²) in [5.74, 6) is 0.317. The van der Waals surface area contributed by atoms with Gasteiger partial charge in [-0.3, -0.25) is 14.8 Å². The number of rotatable bonds is 8. The van der Waals surface area contributed by atoms with Gasteiger partial charge >= 0.3 is 11.6 Å². The zero-order valence-electron chi connectivity index (χ0n) is 13.7. The number of nitrogens with zero attached hydrogens (tertiary/aromatic N) is 5. The van der Waals surface area contributed by atoms with Gasteiger partial charge in [0.2, 0.25) is 0 Å². The maximum absolute atomic E-state index is 11.1. The van der Waals surface area contributed by atoms with Crippen molar-refractivity contribution in [3.05, 3.63) is 28.7 Å². The number of hydrogen-bond donors (Lipinski definition) is 0. The van der Waals surface area contributed by atoms with E-state index < -0.39 is 13.0 Å². The quantitative estimate of drug-likeness (QED) is 0.317. The summed E-state index contributed by atoms with van der Waals surface area (Å²) in [6.07, 6.45) is 4.38. The molecule has 0 aliphatic rings. The van der Waals surface area contributed by atoms with Gasteiger partial charge in [0.05, 0.1) is 17.3 Å². The lowest BCUT2D eigenvalue weighted by Gasteiger charge is -2.15. The Morgan fingerprint density at radius 3 is 2.65 bits per heavy atom. The fourth-order valence-corrected chi connectivity index (χ4v) is 2.51. The largest absolute Gasteiger partial charge is 0.429 e. The van der Waals surface area contributed by atoms with Gasteiger partial charge in [0.15, 0.2) is 5.75 Å². The third-order valence-corrected chi connectivity index (χ3v) is 4.73. The Morgan fingerprint density at radius 2 is 2.09 bits per heavy atom. The summed E-state index contributed by atoms with van der Waals surface area (Å²) in [5.41, 5.74) is -0.206. The molecule has 10 heteroatoms. The van der Waals surface area contributed by atoms with Crippen molar-refractivity contribution in [3.8, 4) is 11.6 Å². The maximum Gasteiger partial charge on any atom is 0.350 e. The van der Waals surface area contributed by atoms with Crippen LogP contribution in [0.15, 0.2) is 18.6 Å². The summed E-state index contributed by atoms with van der Waals surface area (Å²) in [7, 11) is 0.564. The number of hydrogen-bond acceptors (Lipinski definition) is 6. The van der Waals surface area contributed by atoms with Crippen molar-refractivity contribution in [3.63, 3.8) is 0 Å². The molecule has 23 heavy (non-hydrogen) atoms. The van der Waals surface area contributed by atoms with Gasteiger partial charge in [0.1, 0.15) is 12.9 Å². The highest BCUT2D eigenvalue weighted by molar-refractivity contribution is 6.76. The standard InChI is InChI=1S/C13H21N5O4Si/c1-16-8-11(7-14-16)22-13-12(18(19)20)9-17(15-13)10-21-5-6-23(2,3)4/h7-9H,5-6,10H2,1-4H3. The second kappa shape index (κ2) is 6.92. The summed E-state index contributed by atoms with van der Waals surface area (Å²) < 4.78 is 13.9. The van der Waals surface area contributed by atoms with Gasteiger partial charge in [-0.25, -0.2) is 4.68 Å². The monoisotopic (exact) mass is 339 g/mol. The molecule has 0 radical (unpaired) electrons. The van der Waals surface area contributed by atoms with Gasteiger partial charge in [-0.2, -0.15) is 5.10 Å². The van der Waals surface area contributed by atoms with Gasteiger partial charge in [-0.1, -0.05) is 19.6 Å². The van der Waals surface area contributed by atoms with Crippen LogP contribution in [0.4, 0.5) is 5.69 Å². The van der Waals surface area contributed by atoms with E-state index in [0.29, 0.717) is 12.4 Å². The average Bonchev–Trinajstić information content (AvgIpc) is 3.01. The van der Waals surface area contributed by atoms with E-state index >= 15 is 0 Å². The first kappa shape index (κ1) is 17.2. The zero-order valence-corrected chi connectivity index (χ0v) is 14.7. The molecule has 0 aromatic carbocycles. The maximum atomic E-state index is 11.1. The lowest BCUT2D eigenvalue weighted by Crippen LogP contribution is -2.22. The summed E-state index contributed by atoms with van der Waals surface area (Å²) in [4.78, 5) is 10.6. The molecule has 2 heterocycles. The predicted octanol–water partition coefficient (Wildman–Crippen LogP) is 2.63. The number of ether oxygens (including phenoxy) is 2. The molecule has 0 fully saturated rings. The molecule has 0 saturated carbocycles. The van der Waals surface area contributed by atoms with Crippen LogP contribution < -0.4 is 4.74 Å². The number of nitro groups is 1. The molecule has 0 unspecified atom stereocenters. The normalized spacial score (nSPS) is 11.7. The Labute approximate surface area is 135 Å². The Bertz CT molecular complexity index is 676. The van der Waals surface area contributed by atoms with Crippen molar-refractivity contribution in [2.24, 2.45) is 7.05 Å². The Morgan fingerprint density at radius 1 is 1.35 bits per heavy atom. The first-order chi connectivity index (χ1) is 10.7. The van der Waals surface area contributed by atoms with Crippen LogP contribution >= 0.6 is 0 Å². The van der Waals surface area contributed by atoms with Gasteiger partial charge in [-0.05, 0) is 6.04 Å². The van der Waals surface area contributed by atoms with Crippen molar-refractivity contribution < 1.29 is 14.4 Å². The summed E-state index contributed by atoms with van der Waals surface area (Å²) in [5, 5.41) is 19.1. The molecular formula is C13H21N5O4Si. The van der Waals surface area contributed by atoms with Gasteiger partial charge in [0.25, 0.3) is 0 Å². The minimum absolute atomic E-state index is 0.0724. The molecule has 2 aromatic rings. The van der Waals surface area contributed by atoms with E-state index in [1.807, 2.05) is 0 Å². The van der Waals surface area contributed by atoms with E-state index in [-0.39, 0.29) is 18.3 Å². The van der Waals surface area contributed by atoms with Crippen LogP contribution in [0.25, 0.3) is 0 Å². The van der Waals surface area contributed by atoms with Crippen LogP contribution in [-0.2, 0) is 18.5 Å². The molecule has 0 saturated heterocycles. The van der Waals surface area contributed by atoms with Crippen LogP contribution in [0.5, 0.6) is 11.6 Å². The molecule has 0 bridgehead atoms. The van der Waals surface area contributed by atoms with Crippen LogP contribution in [0.2, 0.25) is 25.7 Å². The molecular weight excluding hydrogens is 318 g/mol. The fraction of sp³-hybridized carbons (Fsp3) is 0.538. The van der Waals surface area contributed by atoms with E-state index in [0.717, 1.165) is 6.04 Å². The average molecular weight is 339 g/mol. The third kappa shape index (κ3) is 5.18. The molecule has 0 amide bonds. The number of aryl methyl sites for hydroxylation is 1. The molecule has 9 nitrogen and oxygen atoms in total. The lowest BCUT2D eigenvalue weighted by atomic mass is 10.5. The van der Waals surface area contributed by atoms with Crippen LogP contribution in [0.3, 0.4) is 0 Å². The molecule has 126 valence electrons. The molecule has 2 aromatic heterocycles. The SMILES string of the molecule is Cn1cc(Oc2nn(COCC[Si](C)(C)C)cc2[N+](=O)[O-])cn1. The van der Waals surface area contributed by atoms with Crippen LogP contribution in [0.1, 0.15) is 0 Å². The zero-order chi connectivity index (χ0) is 17.0. The van der Waals surface area contributed by atoms with Gasteiger partial charge in [-0.15, -0.1) is 5.10 Å². The lowest BCUT2D eigenvalue weighted by molar-refractivity contribution is -0.385. The smallest absolute Gasteiger partial charge is 0.350 e. The molecule has 0 N–H and O–H groups in total. The topological polar surface area (TPSA) is 97.2 Å². The first-order valence-corrected chi connectivity index (χ1v) is 10.9. The third-order valence-electron chi connectivity index (χ3n) is 3.02. The minimum atomic E-state index is -1.16. The van der Waals surface area contributed by atoms with Crippen LogP contribution in [0, 0.1) is 10.1 Å². The second-order valence-corrected chi connectivity index (χ2v) is 12.0. The highest BCUT2D eigenvalue weighted by Gasteiger charge is 2.22. The van der Waals surface area contributed by atoms with Crippen LogP contribution in [-0.4, -0.2) is 39.2 Å². The molecule has 0 aliphatic carbocycles. The van der Waals surface area contributed by atoms with Crippen molar-refractivity contribution in [2.75, 3.05) is 6.61 Å². The molecule has 0 spiro atoms. The van der Waals surface area contributed by atoms with E-state index in [1.54, 1.807) is 13.2 Å². The first-order valence-electron chi connectivity index (χ1n) is 7.21. The van der Waals surface area contributed by atoms with Gasteiger partial charge < -0.3 is 9.47 Å². The highest BCUT2D eigenvalue weighted by Crippen LogP contribution is 2.29. The summed E-state index contributed by atoms with van der Waals surface area (Å²) in [6.45, 7) is 7.54. The molecule has 0 atom stereocenters. The highest BCUT2D eigenvalue weighted by atomic mass is 28.3. The van der Waals surface area contributed by atoms with Crippen molar-refractivity contribution in [1.82, 2.24) is 19.6 Å². The van der Waals surface area contributed by atoms with Crippen molar-refractivity contribution >= 4 is 13.8 Å². The number of aromatic nitrogens is 4. The Kier molecular flexibility index (Phi) is 5.16. The van der Waals surface area contributed by atoms with E-state index in [4.69, 9.17) is 9.47 Å². The second-order valence-electron chi connectivity index (χ2n) is 6.42. The minimum Gasteiger partial charge on any atom is -0.429 e.